The summed E-state index contributed by atoms with van der Waals surface area (Å²) >= 11 is 22.3. The molecule has 0 atom stereocenters. The van der Waals surface area contributed by atoms with Crippen molar-refractivity contribution in [1.82, 2.24) is 0 Å². The minimum atomic E-state index is -2.35. The smallest absolute Gasteiger partial charge is 0.343 e. The van der Waals surface area contributed by atoms with Gasteiger partial charge in [-0.3, -0.25) is 0 Å². The number of aliphatic carboxylic acids is 1. The molecule has 0 aliphatic carbocycles. The first kappa shape index (κ1) is 13.6. The number of carboxylic acids is 1. The third-order valence-electron chi connectivity index (χ3n) is 1.47. The Morgan fingerprint density at radius 3 is 1.62 bits per heavy atom. The molecule has 3 N–H and O–H groups in total. The lowest BCUT2D eigenvalue weighted by atomic mass is 9.98. The zero-order valence-corrected chi connectivity index (χ0v) is 9.97. The van der Waals surface area contributed by atoms with Crippen LogP contribution >= 0.6 is 46.4 Å². The molecule has 0 rings (SSSR count). The van der Waals surface area contributed by atoms with E-state index in [-0.39, 0.29) is 0 Å². The maximum absolute atomic E-state index is 10.6. The molecule has 0 saturated heterocycles. The van der Waals surface area contributed by atoms with Crippen molar-refractivity contribution in [3.63, 3.8) is 0 Å². The summed E-state index contributed by atoms with van der Waals surface area (Å²) in [5.74, 6) is -1.54. The van der Waals surface area contributed by atoms with Crippen LogP contribution in [0, 0.1) is 0 Å². The summed E-state index contributed by atoms with van der Waals surface area (Å²) in [6.07, 6.45) is 0. The first-order chi connectivity index (χ1) is 5.44. The molecule has 0 spiro atoms. The van der Waals surface area contributed by atoms with E-state index in [4.69, 9.17) is 57.2 Å². The van der Waals surface area contributed by atoms with Crippen LogP contribution in [0.25, 0.3) is 0 Å². The highest BCUT2D eigenvalue weighted by atomic mass is 35.5. The van der Waals surface area contributed by atoms with Crippen molar-refractivity contribution in [1.29, 1.82) is 0 Å². The van der Waals surface area contributed by atoms with Crippen molar-refractivity contribution in [2.75, 3.05) is 0 Å². The molecule has 0 aromatic carbocycles. The van der Waals surface area contributed by atoms with Gasteiger partial charge in [0.05, 0.1) is 0 Å². The molecule has 0 aliphatic heterocycles. The molecule has 0 saturated carbocycles. The number of halogens is 4. The summed E-state index contributed by atoms with van der Waals surface area (Å²) in [5, 5.41) is 8.65. The van der Waals surface area contributed by atoms with Gasteiger partial charge < -0.3 is 10.8 Å². The van der Waals surface area contributed by atoms with Gasteiger partial charge in [0.15, 0.2) is 4.33 Å². The number of nitrogens with two attached hydrogens (primary N) is 1. The Morgan fingerprint density at radius 2 is 1.54 bits per heavy atom. The van der Waals surface area contributed by atoms with Crippen LogP contribution in [0.4, 0.5) is 0 Å². The Balaban J connectivity index is 5.16. The van der Waals surface area contributed by atoms with Crippen LogP contribution in [-0.2, 0) is 4.79 Å². The molecule has 0 bridgehead atoms. The average molecular weight is 269 g/mol. The second kappa shape index (κ2) is 3.63. The third-order valence-corrected chi connectivity index (χ3v) is 4.29. The number of carbonyl (C=O) groups is 1. The largest absolute Gasteiger partial charge is 0.479 e. The highest BCUT2D eigenvalue weighted by Crippen LogP contribution is 2.48. The van der Waals surface area contributed by atoms with Gasteiger partial charge in [0.25, 0.3) is 0 Å². The van der Waals surface area contributed by atoms with E-state index in [1.165, 1.54) is 13.8 Å². The fourth-order valence-electron chi connectivity index (χ4n) is 0.539. The van der Waals surface area contributed by atoms with Gasteiger partial charge in [-0.2, -0.15) is 0 Å². The molecule has 0 heterocycles. The summed E-state index contributed by atoms with van der Waals surface area (Å²) in [6, 6.07) is 0. The molecule has 7 heteroatoms. The van der Waals surface area contributed by atoms with E-state index >= 15 is 0 Å². The van der Waals surface area contributed by atoms with Gasteiger partial charge in [0.2, 0.25) is 4.33 Å². The van der Waals surface area contributed by atoms with E-state index < -0.39 is 20.2 Å². The molecule has 0 fully saturated rings. The molecule has 0 radical (unpaired) electrons. The highest BCUT2D eigenvalue weighted by Gasteiger charge is 2.60. The highest BCUT2D eigenvalue weighted by molar-refractivity contribution is 6.68. The lowest BCUT2D eigenvalue weighted by Crippen LogP contribution is -2.60. The van der Waals surface area contributed by atoms with Gasteiger partial charge in [-0.05, 0) is 13.8 Å². The fraction of sp³-hybridized carbons (Fsp3) is 0.833. The number of hydrogen-bond acceptors (Lipinski definition) is 2. The van der Waals surface area contributed by atoms with Crippen molar-refractivity contribution in [2.24, 2.45) is 5.73 Å². The Morgan fingerprint density at radius 1 is 1.23 bits per heavy atom. The molecule has 78 valence electrons. The van der Waals surface area contributed by atoms with E-state index in [1.807, 2.05) is 0 Å². The van der Waals surface area contributed by atoms with Crippen LogP contribution in [0.15, 0.2) is 0 Å². The molecule has 0 unspecified atom stereocenters. The second-order valence-electron chi connectivity index (χ2n) is 3.18. The SMILES string of the molecule is CC(C)(N)C(Cl)(Cl)C(Cl)(Cl)C(=O)O. The van der Waals surface area contributed by atoms with Gasteiger partial charge >= 0.3 is 5.97 Å². The van der Waals surface area contributed by atoms with E-state index in [0.29, 0.717) is 0 Å². The molecule has 0 amide bonds. The first-order valence-electron chi connectivity index (χ1n) is 3.22. The van der Waals surface area contributed by atoms with Gasteiger partial charge in [-0.15, -0.1) is 0 Å². The third kappa shape index (κ3) is 2.34. The number of alkyl halides is 4. The molecular weight excluding hydrogens is 260 g/mol. The molecule has 3 nitrogen and oxygen atoms in total. The maximum atomic E-state index is 10.6. The van der Waals surface area contributed by atoms with Gasteiger partial charge in [0.1, 0.15) is 0 Å². The number of carboxylic acid groups (broad SMARTS) is 1. The van der Waals surface area contributed by atoms with E-state index in [9.17, 15) is 4.79 Å². The van der Waals surface area contributed by atoms with Gasteiger partial charge in [0, 0.05) is 5.54 Å². The summed E-state index contributed by atoms with van der Waals surface area (Å²) < 4.78 is -4.34. The quantitative estimate of drug-likeness (QED) is 0.771. The summed E-state index contributed by atoms with van der Waals surface area (Å²) in [5.41, 5.74) is 4.29. The van der Waals surface area contributed by atoms with Crippen LogP contribution < -0.4 is 5.73 Å². The van der Waals surface area contributed by atoms with Crippen LogP contribution in [0.1, 0.15) is 13.8 Å². The summed E-state index contributed by atoms with van der Waals surface area (Å²) in [7, 11) is 0. The molecule has 0 aliphatic rings. The fourth-order valence-corrected chi connectivity index (χ4v) is 1.19. The molecular formula is C6H9Cl4NO2. The van der Waals surface area contributed by atoms with Crippen LogP contribution in [0.3, 0.4) is 0 Å². The standard InChI is InChI=1S/C6H9Cl4NO2/c1-4(2,11)6(9,10)5(7,8)3(12)13/h11H2,1-2H3,(H,12,13). The monoisotopic (exact) mass is 267 g/mol. The van der Waals surface area contributed by atoms with Crippen molar-refractivity contribution in [2.45, 2.75) is 28.1 Å². The molecule has 13 heavy (non-hydrogen) atoms. The zero-order chi connectivity index (χ0) is 11.1. The number of rotatable bonds is 3. The van der Waals surface area contributed by atoms with Gasteiger partial charge in [-0.1, -0.05) is 46.4 Å². The van der Waals surface area contributed by atoms with E-state index in [1.54, 1.807) is 0 Å². The van der Waals surface area contributed by atoms with Crippen molar-refractivity contribution in [3.05, 3.63) is 0 Å². The lowest BCUT2D eigenvalue weighted by molar-refractivity contribution is -0.138. The average Bonchev–Trinajstić information content (AvgIpc) is 1.84. The second-order valence-corrected chi connectivity index (χ2v) is 5.83. The number of hydrogen-bond donors (Lipinski definition) is 2. The molecule has 0 aromatic rings. The predicted octanol–water partition coefficient (Wildman–Crippen LogP) is 2.16. The van der Waals surface area contributed by atoms with Crippen LogP contribution in [0.5, 0.6) is 0 Å². The maximum Gasteiger partial charge on any atom is 0.343 e. The minimum Gasteiger partial charge on any atom is -0.479 e. The van der Waals surface area contributed by atoms with Crippen molar-refractivity contribution in [3.8, 4) is 0 Å². The predicted molar refractivity (Wildman–Crippen MR) is 54.8 cm³/mol. The van der Waals surface area contributed by atoms with Crippen molar-refractivity contribution >= 4 is 52.4 Å². The Labute approximate surface area is 96.1 Å². The topological polar surface area (TPSA) is 63.3 Å². The Kier molecular flexibility index (Phi) is 3.79. The van der Waals surface area contributed by atoms with Gasteiger partial charge in [-0.25, -0.2) is 4.79 Å². The van der Waals surface area contributed by atoms with E-state index in [2.05, 4.69) is 0 Å². The van der Waals surface area contributed by atoms with Crippen molar-refractivity contribution < 1.29 is 9.90 Å². The Hall–Kier alpha value is 0.590. The zero-order valence-electron chi connectivity index (χ0n) is 6.94. The van der Waals surface area contributed by atoms with Crippen LogP contribution in [-0.4, -0.2) is 25.3 Å². The molecule has 0 aromatic heterocycles. The minimum absolute atomic E-state index is 1.25. The lowest BCUT2D eigenvalue weighted by Gasteiger charge is -2.39. The Bertz CT molecular complexity index is 221. The summed E-state index contributed by atoms with van der Waals surface area (Å²) in [4.78, 5) is 10.6. The normalized spacial score (nSPS) is 14.4. The van der Waals surface area contributed by atoms with Crippen LogP contribution in [0.2, 0.25) is 0 Å². The first-order valence-corrected chi connectivity index (χ1v) is 4.73. The van der Waals surface area contributed by atoms with E-state index in [0.717, 1.165) is 0 Å². The summed E-state index contributed by atoms with van der Waals surface area (Å²) in [6.45, 7) is 2.85.